The number of aromatic amines is 2. The van der Waals surface area contributed by atoms with Gasteiger partial charge in [-0.05, 0) is 18.6 Å². The molecule has 10 nitrogen and oxygen atoms in total. The first-order valence-electron chi connectivity index (χ1n) is 8.57. The highest BCUT2D eigenvalue weighted by atomic mass is 16.2. The third-order valence-electron chi connectivity index (χ3n) is 4.49. The van der Waals surface area contributed by atoms with E-state index >= 15 is 0 Å². The van der Waals surface area contributed by atoms with E-state index in [2.05, 4.69) is 30.1 Å². The highest BCUT2D eigenvalue weighted by molar-refractivity contribution is 5.76. The smallest absolute Gasteiger partial charge is 0.254 e. The van der Waals surface area contributed by atoms with Crippen molar-refractivity contribution in [2.24, 2.45) is 0 Å². The molecule has 0 radical (unpaired) electrons. The first-order valence-corrected chi connectivity index (χ1v) is 8.57. The zero-order valence-electron chi connectivity index (χ0n) is 14.5. The number of anilines is 1. The third kappa shape index (κ3) is 3.54. The Morgan fingerprint density at radius 1 is 1.33 bits per heavy atom. The van der Waals surface area contributed by atoms with Crippen molar-refractivity contribution in [2.75, 3.05) is 12.3 Å². The molecule has 4 N–H and O–H groups in total. The summed E-state index contributed by atoms with van der Waals surface area (Å²) in [7, 11) is 0. The number of fused-ring (bicyclic) bond motifs is 1. The molecule has 0 fully saturated rings. The summed E-state index contributed by atoms with van der Waals surface area (Å²) in [6.45, 7) is 0.797. The average Bonchev–Trinajstić information content (AvgIpc) is 3.11. The number of nitrogens with two attached hydrogens (primary N) is 1. The maximum absolute atomic E-state index is 12.5. The van der Waals surface area contributed by atoms with Crippen LogP contribution in [0.2, 0.25) is 0 Å². The second-order valence-electron chi connectivity index (χ2n) is 6.29. The van der Waals surface area contributed by atoms with Crippen molar-refractivity contribution in [2.45, 2.75) is 25.8 Å². The molecule has 0 atom stereocenters. The first kappa shape index (κ1) is 16.9. The van der Waals surface area contributed by atoms with Gasteiger partial charge in [-0.25, -0.2) is 4.98 Å². The molecule has 1 amide bonds. The van der Waals surface area contributed by atoms with Crippen LogP contribution in [0.4, 0.5) is 5.95 Å². The van der Waals surface area contributed by atoms with Gasteiger partial charge in [0.2, 0.25) is 11.9 Å². The lowest BCUT2D eigenvalue weighted by Crippen LogP contribution is -2.39. The highest BCUT2D eigenvalue weighted by Gasteiger charge is 2.24. The molecule has 1 aliphatic rings. The fourth-order valence-corrected chi connectivity index (χ4v) is 3.10. The number of amides is 1. The molecule has 3 aromatic rings. The van der Waals surface area contributed by atoms with E-state index in [4.69, 9.17) is 5.73 Å². The number of H-pyrrole nitrogens is 2. The predicted octanol–water partition coefficient (Wildman–Crippen LogP) is 0.0497. The van der Waals surface area contributed by atoms with Crippen molar-refractivity contribution >= 4 is 11.9 Å². The van der Waals surface area contributed by atoms with Gasteiger partial charge in [0.15, 0.2) is 0 Å². The quantitative estimate of drug-likeness (QED) is 0.591. The summed E-state index contributed by atoms with van der Waals surface area (Å²) in [6, 6.07) is 3.60. The molecular formula is C17H18N8O2. The van der Waals surface area contributed by atoms with Crippen molar-refractivity contribution < 1.29 is 4.79 Å². The van der Waals surface area contributed by atoms with Crippen LogP contribution in [-0.2, 0) is 24.2 Å². The fourth-order valence-electron chi connectivity index (χ4n) is 3.10. The number of aromatic nitrogens is 6. The molecule has 27 heavy (non-hydrogen) atoms. The molecule has 0 aromatic carbocycles. The first-order chi connectivity index (χ1) is 13.1. The summed E-state index contributed by atoms with van der Waals surface area (Å²) < 4.78 is 0. The van der Waals surface area contributed by atoms with Crippen molar-refractivity contribution in [3.05, 3.63) is 52.0 Å². The maximum atomic E-state index is 12.5. The molecule has 0 saturated carbocycles. The number of aryl methyl sites for hydroxylation is 1. The summed E-state index contributed by atoms with van der Waals surface area (Å²) in [6.07, 6.45) is 4.48. The Morgan fingerprint density at radius 2 is 2.22 bits per heavy atom. The van der Waals surface area contributed by atoms with Gasteiger partial charge in [-0.1, -0.05) is 0 Å². The Balaban J connectivity index is 1.50. The maximum Gasteiger partial charge on any atom is 0.254 e. The molecular weight excluding hydrogens is 348 g/mol. The monoisotopic (exact) mass is 366 g/mol. The Morgan fingerprint density at radius 3 is 2.96 bits per heavy atom. The van der Waals surface area contributed by atoms with E-state index < -0.39 is 0 Å². The SMILES string of the molecule is Nc1n[nH]c(CCC(=O)N2CCc3c(nc(-c4cccnc4)[nH]c3=O)C2)n1. The van der Waals surface area contributed by atoms with E-state index in [1.807, 2.05) is 6.07 Å². The number of nitrogen functional groups attached to an aromatic ring is 1. The fraction of sp³-hybridized carbons (Fsp3) is 0.294. The molecule has 4 rings (SSSR count). The molecule has 0 spiro atoms. The Kier molecular flexibility index (Phi) is 4.37. The number of hydrogen-bond acceptors (Lipinski definition) is 7. The zero-order valence-corrected chi connectivity index (χ0v) is 14.5. The van der Waals surface area contributed by atoms with Gasteiger partial charge in [0, 0.05) is 42.9 Å². The zero-order chi connectivity index (χ0) is 18.8. The van der Waals surface area contributed by atoms with Crippen LogP contribution >= 0.6 is 0 Å². The third-order valence-corrected chi connectivity index (χ3v) is 4.49. The molecule has 0 aliphatic carbocycles. The van der Waals surface area contributed by atoms with E-state index in [0.29, 0.717) is 48.8 Å². The molecule has 0 bridgehead atoms. The lowest BCUT2D eigenvalue weighted by molar-refractivity contribution is -0.132. The Bertz CT molecular complexity index is 1030. The number of pyridine rings is 1. The van der Waals surface area contributed by atoms with Gasteiger partial charge in [-0.2, -0.15) is 4.98 Å². The minimum atomic E-state index is -0.164. The molecule has 138 valence electrons. The van der Waals surface area contributed by atoms with Crippen LogP contribution in [0.3, 0.4) is 0 Å². The van der Waals surface area contributed by atoms with Gasteiger partial charge in [0.05, 0.1) is 12.2 Å². The van der Waals surface area contributed by atoms with Crippen LogP contribution in [0.15, 0.2) is 29.3 Å². The van der Waals surface area contributed by atoms with E-state index in [-0.39, 0.29) is 23.8 Å². The van der Waals surface area contributed by atoms with Crippen LogP contribution in [0.25, 0.3) is 11.4 Å². The van der Waals surface area contributed by atoms with Gasteiger partial charge >= 0.3 is 0 Å². The lowest BCUT2D eigenvalue weighted by Gasteiger charge is -2.28. The lowest BCUT2D eigenvalue weighted by atomic mass is 10.1. The molecule has 0 unspecified atom stereocenters. The molecule has 3 aromatic heterocycles. The topological polar surface area (TPSA) is 147 Å². The van der Waals surface area contributed by atoms with Gasteiger partial charge in [0.1, 0.15) is 11.6 Å². The van der Waals surface area contributed by atoms with E-state index in [0.717, 1.165) is 5.56 Å². The Hall–Kier alpha value is -3.56. The second kappa shape index (κ2) is 6.98. The molecule has 1 aliphatic heterocycles. The minimum Gasteiger partial charge on any atom is -0.367 e. The predicted molar refractivity (Wildman–Crippen MR) is 96.3 cm³/mol. The molecule has 10 heteroatoms. The van der Waals surface area contributed by atoms with Crippen LogP contribution in [0.5, 0.6) is 0 Å². The number of nitrogens with one attached hydrogen (secondary N) is 2. The van der Waals surface area contributed by atoms with Crippen molar-refractivity contribution in [1.82, 2.24) is 35.0 Å². The Labute approximate surface area is 153 Å². The van der Waals surface area contributed by atoms with Crippen molar-refractivity contribution in [3.8, 4) is 11.4 Å². The largest absolute Gasteiger partial charge is 0.367 e. The van der Waals surface area contributed by atoms with Gasteiger partial charge in [0.25, 0.3) is 5.56 Å². The second-order valence-corrected chi connectivity index (χ2v) is 6.29. The minimum absolute atomic E-state index is 0.0272. The molecule has 0 saturated heterocycles. The summed E-state index contributed by atoms with van der Waals surface area (Å²) in [5, 5.41) is 6.44. The summed E-state index contributed by atoms with van der Waals surface area (Å²) >= 11 is 0. The highest BCUT2D eigenvalue weighted by Crippen LogP contribution is 2.19. The van der Waals surface area contributed by atoms with Crippen LogP contribution in [-0.4, -0.2) is 47.5 Å². The number of carbonyl (C=O) groups excluding carboxylic acids is 1. The van der Waals surface area contributed by atoms with E-state index in [1.165, 1.54) is 0 Å². The summed E-state index contributed by atoms with van der Waals surface area (Å²) in [4.78, 5) is 42.1. The van der Waals surface area contributed by atoms with Gasteiger partial charge in [-0.3, -0.25) is 19.7 Å². The van der Waals surface area contributed by atoms with Crippen LogP contribution in [0, 0.1) is 0 Å². The number of nitrogens with zero attached hydrogens (tertiary/aromatic N) is 5. The van der Waals surface area contributed by atoms with Gasteiger partial charge < -0.3 is 15.6 Å². The average molecular weight is 366 g/mol. The van der Waals surface area contributed by atoms with Crippen molar-refractivity contribution in [1.29, 1.82) is 0 Å². The number of rotatable bonds is 4. The number of carbonyl (C=O) groups is 1. The summed E-state index contributed by atoms with van der Waals surface area (Å²) in [5.74, 6) is 1.17. The van der Waals surface area contributed by atoms with E-state index in [1.54, 1.807) is 23.4 Å². The summed E-state index contributed by atoms with van der Waals surface area (Å²) in [5.41, 5.74) is 7.28. The van der Waals surface area contributed by atoms with Crippen LogP contribution in [0.1, 0.15) is 23.5 Å². The standard InChI is InChI=1S/C17H18N8O2/c18-17-21-13(23-24-17)3-4-14(26)25-7-5-11-12(9-25)20-15(22-16(11)27)10-2-1-6-19-8-10/h1-2,6,8H,3-5,7,9H2,(H,20,22,27)(H3,18,21,23,24). The van der Waals surface area contributed by atoms with Crippen LogP contribution < -0.4 is 11.3 Å². The van der Waals surface area contributed by atoms with Gasteiger partial charge in [-0.15, -0.1) is 5.10 Å². The number of hydrogen-bond donors (Lipinski definition) is 3. The molecule has 4 heterocycles. The van der Waals surface area contributed by atoms with E-state index in [9.17, 15) is 9.59 Å². The normalized spacial score (nSPS) is 13.4. The van der Waals surface area contributed by atoms with Crippen molar-refractivity contribution in [3.63, 3.8) is 0 Å².